The van der Waals surface area contributed by atoms with E-state index in [4.69, 9.17) is 4.74 Å². The number of hydrogen-bond acceptors (Lipinski definition) is 4. The Labute approximate surface area is 123 Å². The van der Waals surface area contributed by atoms with Gasteiger partial charge in [-0.15, -0.1) is 0 Å². The SMILES string of the molecule is CO/C(C)=C(/C=C(\C=C(/C)[S+](C)[O-])C(C)(C)C)[N+](=O)[O-]. The molecule has 0 spiro atoms. The monoisotopic (exact) mass is 301 g/mol. The quantitative estimate of drug-likeness (QED) is 0.256. The van der Waals surface area contributed by atoms with Gasteiger partial charge in [0.2, 0.25) is 0 Å². The molecule has 0 aromatic rings. The van der Waals surface area contributed by atoms with Crippen LogP contribution in [-0.2, 0) is 15.9 Å². The van der Waals surface area contributed by atoms with Gasteiger partial charge in [0.25, 0.3) is 0 Å². The van der Waals surface area contributed by atoms with E-state index in [1.165, 1.54) is 13.2 Å². The highest BCUT2D eigenvalue weighted by atomic mass is 32.2. The van der Waals surface area contributed by atoms with Crippen LogP contribution in [0.1, 0.15) is 34.6 Å². The second kappa shape index (κ2) is 7.50. The molecule has 1 atom stereocenters. The summed E-state index contributed by atoms with van der Waals surface area (Å²) in [5.41, 5.74) is 0.326. The Morgan fingerprint density at radius 3 is 2.05 bits per heavy atom. The van der Waals surface area contributed by atoms with Crippen LogP contribution in [-0.4, -0.2) is 22.8 Å². The van der Waals surface area contributed by atoms with E-state index in [1.807, 2.05) is 20.8 Å². The van der Waals surface area contributed by atoms with Gasteiger partial charge in [-0.05, 0) is 28.2 Å². The molecule has 0 aliphatic carbocycles. The molecule has 0 aromatic carbocycles. The lowest BCUT2D eigenvalue weighted by molar-refractivity contribution is -0.422. The Hall–Kier alpha value is -1.27. The summed E-state index contributed by atoms with van der Waals surface area (Å²) in [4.78, 5) is 11.3. The van der Waals surface area contributed by atoms with Gasteiger partial charge >= 0.3 is 5.70 Å². The predicted molar refractivity (Wildman–Crippen MR) is 82.1 cm³/mol. The summed E-state index contributed by atoms with van der Waals surface area (Å²) in [6.45, 7) is 9.13. The number of allylic oxidation sites excluding steroid dienone is 5. The second-order valence-electron chi connectivity index (χ2n) is 5.46. The third kappa shape index (κ3) is 5.79. The first kappa shape index (κ1) is 18.7. The Morgan fingerprint density at radius 2 is 1.75 bits per heavy atom. The largest absolute Gasteiger partial charge is 0.612 e. The number of nitrogens with zero attached hydrogens (tertiary/aromatic N) is 1. The molecule has 0 rings (SSSR count). The highest BCUT2D eigenvalue weighted by Gasteiger charge is 2.22. The van der Waals surface area contributed by atoms with Crippen molar-refractivity contribution >= 4 is 11.2 Å². The third-order valence-corrected chi connectivity index (χ3v) is 3.86. The van der Waals surface area contributed by atoms with Crippen molar-refractivity contribution in [2.45, 2.75) is 34.6 Å². The average Bonchev–Trinajstić information content (AvgIpc) is 2.30. The zero-order chi connectivity index (χ0) is 16.1. The van der Waals surface area contributed by atoms with Gasteiger partial charge in [-0.25, -0.2) is 0 Å². The molecule has 0 heterocycles. The minimum Gasteiger partial charge on any atom is -0.612 e. The molecule has 0 aromatic heterocycles. The molecule has 0 fully saturated rings. The molecule has 20 heavy (non-hydrogen) atoms. The molecule has 0 N–H and O–H groups in total. The van der Waals surface area contributed by atoms with Gasteiger partial charge in [0.05, 0.1) is 12.0 Å². The lowest BCUT2D eigenvalue weighted by Gasteiger charge is -2.20. The molecule has 6 heteroatoms. The number of methoxy groups -OCH3 is 1. The first-order chi connectivity index (χ1) is 9.00. The Balaban J connectivity index is 5.96. The van der Waals surface area contributed by atoms with Crippen LogP contribution in [0.2, 0.25) is 0 Å². The standard InChI is InChI=1S/C14H23NO4S/c1-10(20(7)18)8-12(14(3,4)5)9-13(15(16)17)11(2)19-6/h8-9H,1-7H3/b10-8+,12-9+,13-11-. The fraction of sp³-hybridized carbons (Fsp3) is 0.571. The maximum atomic E-state index is 11.5. The zero-order valence-electron chi connectivity index (χ0n) is 13.1. The van der Waals surface area contributed by atoms with Crippen molar-refractivity contribution in [2.24, 2.45) is 5.41 Å². The van der Waals surface area contributed by atoms with Gasteiger partial charge in [-0.3, -0.25) is 10.1 Å². The number of nitro groups is 1. The van der Waals surface area contributed by atoms with Crippen molar-refractivity contribution in [2.75, 3.05) is 13.4 Å². The molecule has 0 amide bonds. The van der Waals surface area contributed by atoms with Gasteiger partial charge in [0, 0.05) is 19.9 Å². The summed E-state index contributed by atoms with van der Waals surface area (Å²) in [7, 11) is 1.39. The molecule has 0 aliphatic heterocycles. The topological polar surface area (TPSA) is 75.4 Å². The Bertz CT molecular complexity index is 456. The molecular weight excluding hydrogens is 278 g/mol. The summed E-state index contributed by atoms with van der Waals surface area (Å²) in [6.07, 6.45) is 4.80. The fourth-order valence-corrected chi connectivity index (χ4v) is 1.60. The summed E-state index contributed by atoms with van der Waals surface area (Å²) >= 11 is -1.10. The fourth-order valence-electron chi connectivity index (χ4n) is 1.31. The number of hydrogen-bond donors (Lipinski definition) is 0. The molecule has 0 aliphatic rings. The van der Waals surface area contributed by atoms with E-state index in [0.29, 0.717) is 4.91 Å². The van der Waals surface area contributed by atoms with Crippen molar-refractivity contribution in [1.29, 1.82) is 0 Å². The smallest absolute Gasteiger partial charge is 0.306 e. The van der Waals surface area contributed by atoms with Gasteiger partial charge in [-0.1, -0.05) is 20.8 Å². The van der Waals surface area contributed by atoms with E-state index < -0.39 is 16.1 Å². The molecule has 0 bridgehead atoms. The van der Waals surface area contributed by atoms with Crippen LogP contribution in [0.3, 0.4) is 0 Å². The maximum absolute atomic E-state index is 11.5. The molecule has 5 nitrogen and oxygen atoms in total. The molecule has 1 unspecified atom stereocenters. The lowest BCUT2D eigenvalue weighted by Crippen LogP contribution is -2.12. The first-order valence-electron chi connectivity index (χ1n) is 6.13. The van der Waals surface area contributed by atoms with Crippen molar-refractivity contribution in [3.8, 4) is 0 Å². The normalized spacial score (nSPS) is 16.6. The molecule has 0 saturated carbocycles. The maximum Gasteiger partial charge on any atom is 0.306 e. The first-order valence-corrected chi connectivity index (χ1v) is 7.69. The van der Waals surface area contributed by atoms with Crippen LogP contribution in [0.15, 0.2) is 34.1 Å². The van der Waals surface area contributed by atoms with Gasteiger partial charge < -0.3 is 9.29 Å². The van der Waals surface area contributed by atoms with Crippen molar-refractivity contribution in [3.05, 3.63) is 44.2 Å². The molecular formula is C14H23NO4S. The Kier molecular flexibility index (Phi) is 7.02. The van der Waals surface area contributed by atoms with Gasteiger partial charge in [-0.2, -0.15) is 0 Å². The lowest BCUT2D eigenvalue weighted by atomic mass is 9.85. The van der Waals surface area contributed by atoms with Crippen LogP contribution in [0, 0.1) is 15.5 Å². The van der Waals surface area contributed by atoms with Gasteiger partial charge in [0.1, 0.15) is 11.2 Å². The minimum absolute atomic E-state index is 0.0941. The van der Waals surface area contributed by atoms with Crippen LogP contribution in [0.5, 0.6) is 0 Å². The van der Waals surface area contributed by atoms with Crippen LogP contribution >= 0.6 is 0 Å². The highest BCUT2D eigenvalue weighted by Crippen LogP contribution is 2.30. The van der Waals surface area contributed by atoms with Crippen molar-refractivity contribution in [1.82, 2.24) is 0 Å². The molecule has 114 valence electrons. The van der Waals surface area contributed by atoms with E-state index in [1.54, 1.807) is 26.2 Å². The van der Waals surface area contributed by atoms with Crippen molar-refractivity contribution < 1.29 is 14.2 Å². The van der Waals surface area contributed by atoms with E-state index >= 15 is 0 Å². The third-order valence-electron chi connectivity index (χ3n) is 2.83. The van der Waals surface area contributed by atoms with Crippen LogP contribution in [0.4, 0.5) is 0 Å². The van der Waals surface area contributed by atoms with Crippen molar-refractivity contribution in [3.63, 3.8) is 0 Å². The second-order valence-corrected chi connectivity index (χ2v) is 7.01. The summed E-state index contributed by atoms with van der Waals surface area (Å²) in [5, 5.41) is 11.1. The van der Waals surface area contributed by atoms with E-state index in [2.05, 4.69) is 0 Å². The number of ether oxygens (including phenoxy) is 1. The molecule has 0 saturated heterocycles. The zero-order valence-corrected chi connectivity index (χ0v) is 14.0. The van der Waals surface area contributed by atoms with E-state index in [0.717, 1.165) is 5.57 Å². The van der Waals surface area contributed by atoms with Crippen LogP contribution in [0.25, 0.3) is 0 Å². The highest BCUT2D eigenvalue weighted by molar-refractivity contribution is 7.94. The van der Waals surface area contributed by atoms with Crippen LogP contribution < -0.4 is 0 Å². The minimum atomic E-state index is -1.10. The number of rotatable bonds is 5. The summed E-state index contributed by atoms with van der Waals surface area (Å²) in [6, 6.07) is 0. The molecule has 0 radical (unpaired) electrons. The van der Waals surface area contributed by atoms with E-state index in [9.17, 15) is 14.7 Å². The summed E-state index contributed by atoms with van der Waals surface area (Å²) < 4.78 is 16.4. The van der Waals surface area contributed by atoms with Gasteiger partial charge in [0.15, 0.2) is 5.76 Å². The average molecular weight is 301 g/mol. The Morgan fingerprint density at radius 1 is 1.25 bits per heavy atom. The predicted octanol–water partition coefficient (Wildman–Crippen LogP) is 3.40. The van der Waals surface area contributed by atoms with E-state index in [-0.39, 0.29) is 16.9 Å². The summed E-state index contributed by atoms with van der Waals surface area (Å²) in [5.74, 6) is 0.237.